The van der Waals surface area contributed by atoms with E-state index in [9.17, 15) is 0 Å². The molecule has 1 aromatic carbocycles. The van der Waals surface area contributed by atoms with Gasteiger partial charge in [-0.3, -0.25) is 0 Å². The Bertz CT molecular complexity index is 408. The summed E-state index contributed by atoms with van der Waals surface area (Å²) in [4.78, 5) is 4.76. The molecular weight excluding hydrogens is 246 g/mol. The molecule has 2 N–H and O–H groups in total. The van der Waals surface area contributed by atoms with Crippen molar-refractivity contribution < 1.29 is 0 Å². The highest BCUT2D eigenvalue weighted by molar-refractivity contribution is 6.31. The average Bonchev–Trinajstić information content (AvgIpc) is 2.82. The van der Waals surface area contributed by atoms with Gasteiger partial charge in [-0.25, -0.2) is 0 Å². The summed E-state index contributed by atoms with van der Waals surface area (Å²) in [5.41, 5.74) is 7.97. The number of likely N-dealkylation sites (N-methyl/N-ethyl adjacent to an activating group) is 1. The molecule has 4 heteroatoms. The molecule has 1 heterocycles. The van der Waals surface area contributed by atoms with Gasteiger partial charge in [0.2, 0.25) is 0 Å². The van der Waals surface area contributed by atoms with Gasteiger partial charge in [-0.2, -0.15) is 0 Å². The topological polar surface area (TPSA) is 32.5 Å². The third kappa shape index (κ3) is 2.97. The Morgan fingerprint density at radius 3 is 2.94 bits per heavy atom. The quantitative estimate of drug-likeness (QED) is 0.907. The van der Waals surface area contributed by atoms with Crippen LogP contribution in [0.1, 0.15) is 12.0 Å². The molecule has 0 spiro atoms. The third-order valence-electron chi connectivity index (χ3n) is 3.79. The van der Waals surface area contributed by atoms with Gasteiger partial charge in [-0.05, 0) is 38.1 Å². The van der Waals surface area contributed by atoms with E-state index in [1.54, 1.807) is 0 Å². The standard InChI is InChI=1S/C14H22ClN3/c1-11-3-4-12(9-14(11)15)18-7-5-13(10-18)17(2)8-6-16/h3-4,9,13H,5-8,10,16H2,1-2H3. The maximum atomic E-state index is 6.19. The van der Waals surface area contributed by atoms with E-state index in [-0.39, 0.29) is 0 Å². The maximum absolute atomic E-state index is 6.19. The molecule has 0 aliphatic carbocycles. The Labute approximate surface area is 115 Å². The second-order valence-electron chi connectivity index (χ2n) is 5.09. The Hall–Kier alpha value is -0.770. The Balaban J connectivity index is 2.01. The summed E-state index contributed by atoms with van der Waals surface area (Å²) < 4.78 is 0. The molecule has 0 saturated carbocycles. The van der Waals surface area contributed by atoms with Crippen LogP contribution in [0.3, 0.4) is 0 Å². The van der Waals surface area contributed by atoms with E-state index in [2.05, 4.69) is 35.0 Å². The van der Waals surface area contributed by atoms with Crippen LogP contribution in [0.25, 0.3) is 0 Å². The number of rotatable bonds is 4. The van der Waals surface area contributed by atoms with Crippen molar-refractivity contribution in [2.75, 3.05) is 38.1 Å². The molecule has 1 aliphatic heterocycles. The molecule has 0 bridgehead atoms. The number of nitrogens with two attached hydrogens (primary N) is 1. The van der Waals surface area contributed by atoms with Gasteiger partial charge in [-0.1, -0.05) is 17.7 Å². The van der Waals surface area contributed by atoms with Crippen molar-refractivity contribution >= 4 is 17.3 Å². The van der Waals surface area contributed by atoms with Crippen molar-refractivity contribution in [2.45, 2.75) is 19.4 Å². The van der Waals surface area contributed by atoms with E-state index in [1.807, 2.05) is 6.92 Å². The minimum absolute atomic E-state index is 0.605. The molecule has 1 fully saturated rings. The van der Waals surface area contributed by atoms with E-state index >= 15 is 0 Å². The molecule has 18 heavy (non-hydrogen) atoms. The second kappa shape index (κ2) is 5.91. The zero-order valence-electron chi connectivity index (χ0n) is 11.2. The van der Waals surface area contributed by atoms with Gasteiger partial charge in [0, 0.05) is 42.9 Å². The highest BCUT2D eigenvalue weighted by Gasteiger charge is 2.25. The maximum Gasteiger partial charge on any atom is 0.0455 e. The van der Waals surface area contributed by atoms with Gasteiger partial charge in [0.05, 0.1) is 0 Å². The molecule has 100 valence electrons. The summed E-state index contributed by atoms with van der Waals surface area (Å²) in [6.45, 7) is 5.89. The Kier molecular flexibility index (Phi) is 4.49. The number of nitrogens with zero attached hydrogens (tertiary/aromatic N) is 2. The minimum atomic E-state index is 0.605. The first-order chi connectivity index (χ1) is 8.61. The fraction of sp³-hybridized carbons (Fsp3) is 0.571. The molecule has 1 unspecified atom stereocenters. The van der Waals surface area contributed by atoms with Crippen LogP contribution in [0.4, 0.5) is 5.69 Å². The zero-order chi connectivity index (χ0) is 13.1. The monoisotopic (exact) mass is 267 g/mol. The molecule has 2 rings (SSSR count). The molecule has 1 aromatic rings. The van der Waals surface area contributed by atoms with Gasteiger partial charge >= 0.3 is 0 Å². The highest BCUT2D eigenvalue weighted by Crippen LogP contribution is 2.26. The SMILES string of the molecule is Cc1ccc(N2CCC(N(C)CCN)C2)cc1Cl. The number of aryl methyl sites for hydroxylation is 1. The van der Waals surface area contributed by atoms with Crippen molar-refractivity contribution in [1.82, 2.24) is 4.90 Å². The molecule has 1 aliphatic rings. The lowest BCUT2D eigenvalue weighted by Gasteiger charge is -2.25. The number of halogens is 1. The minimum Gasteiger partial charge on any atom is -0.370 e. The largest absolute Gasteiger partial charge is 0.370 e. The van der Waals surface area contributed by atoms with Gasteiger partial charge in [0.15, 0.2) is 0 Å². The van der Waals surface area contributed by atoms with Crippen LogP contribution in [0.5, 0.6) is 0 Å². The van der Waals surface area contributed by atoms with E-state index in [0.717, 1.165) is 36.8 Å². The van der Waals surface area contributed by atoms with Crippen molar-refractivity contribution in [3.8, 4) is 0 Å². The number of benzene rings is 1. The van der Waals surface area contributed by atoms with Gasteiger partial charge in [0.25, 0.3) is 0 Å². The van der Waals surface area contributed by atoms with E-state index in [1.165, 1.54) is 12.1 Å². The normalized spacial score (nSPS) is 19.8. The van der Waals surface area contributed by atoms with Crippen molar-refractivity contribution in [1.29, 1.82) is 0 Å². The first-order valence-electron chi connectivity index (χ1n) is 6.53. The van der Waals surface area contributed by atoms with Crippen LogP contribution >= 0.6 is 11.6 Å². The first-order valence-corrected chi connectivity index (χ1v) is 6.91. The van der Waals surface area contributed by atoms with Crippen molar-refractivity contribution in [3.63, 3.8) is 0 Å². The van der Waals surface area contributed by atoms with E-state index in [0.29, 0.717) is 6.04 Å². The fourth-order valence-corrected chi connectivity index (χ4v) is 2.68. The fourth-order valence-electron chi connectivity index (χ4n) is 2.50. The molecule has 0 radical (unpaired) electrons. The van der Waals surface area contributed by atoms with Crippen LogP contribution in [0.15, 0.2) is 18.2 Å². The van der Waals surface area contributed by atoms with E-state index < -0.39 is 0 Å². The number of hydrogen-bond donors (Lipinski definition) is 1. The summed E-state index contributed by atoms with van der Waals surface area (Å²) >= 11 is 6.19. The highest BCUT2D eigenvalue weighted by atomic mass is 35.5. The Morgan fingerprint density at radius 2 is 2.28 bits per heavy atom. The summed E-state index contributed by atoms with van der Waals surface area (Å²) in [6, 6.07) is 6.93. The van der Waals surface area contributed by atoms with Crippen LogP contribution < -0.4 is 10.6 Å². The summed E-state index contributed by atoms with van der Waals surface area (Å²) in [7, 11) is 2.16. The number of hydrogen-bond acceptors (Lipinski definition) is 3. The lowest BCUT2D eigenvalue weighted by atomic mass is 10.2. The third-order valence-corrected chi connectivity index (χ3v) is 4.20. The lowest BCUT2D eigenvalue weighted by molar-refractivity contribution is 0.266. The second-order valence-corrected chi connectivity index (χ2v) is 5.50. The van der Waals surface area contributed by atoms with Crippen LogP contribution in [0, 0.1) is 6.92 Å². The summed E-state index contributed by atoms with van der Waals surface area (Å²) in [6.07, 6.45) is 1.20. The lowest BCUT2D eigenvalue weighted by Crippen LogP contribution is -2.37. The smallest absolute Gasteiger partial charge is 0.0455 e. The predicted molar refractivity (Wildman–Crippen MR) is 78.5 cm³/mol. The van der Waals surface area contributed by atoms with Gasteiger partial charge in [0.1, 0.15) is 0 Å². The molecule has 0 aromatic heterocycles. The molecule has 1 saturated heterocycles. The molecule has 0 amide bonds. The summed E-state index contributed by atoms with van der Waals surface area (Å²) in [5.74, 6) is 0. The first kappa shape index (κ1) is 13.7. The van der Waals surface area contributed by atoms with Crippen LogP contribution in [0.2, 0.25) is 5.02 Å². The van der Waals surface area contributed by atoms with Crippen LogP contribution in [-0.4, -0.2) is 44.2 Å². The zero-order valence-corrected chi connectivity index (χ0v) is 12.0. The van der Waals surface area contributed by atoms with E-state index in [4.69, 9.17) is 17.3 Å². The molecule has 1 atom stereocenters. The molecule has 3 nitrogen and oxygen atoms in total. The van der Waals surface area contributed by atoms with Gasteiger partial charge < -0.3 is 15.5 Å². The molecular formula is C14H22ClN3. The van der Waals surface area contributed by atoms with Crippen molar-refractivity contribution in [2.24, 2.45) is 5.73 Å². The average molecular weight is 268 g/mol. The van der Waals surface area contributed by atoms with Gasteiger partial charge in [-0.15, -0.1) is 0 Å². The summed E-state index contributed by atoms with van der Waals surface area (Å²) in [5, 5.41) is 0.853. The number of anilines is 1. The Morgan fingerprint density at radius 1 is 1.50 bits per heavy atom. The van der Waals surface area contributed by atoms with Crippen LogP contribution in [-0.2, 0) is 0 Å². The predicted octanol–water partition coefficient (Wildman–Crippen LogP) is 2.12. The van der Waals surface area contributed by atoms with Crippen molar-refractivity contribution in [3.05, 3.63) is 28.8 Å².